The molecule has 2 fully saturated rings. The van der Waals surface area contributed by atoms with E-state index < -0.39 is 10.0 Å². The number of carbonyl (C=O) groups is 1. The number of piperazine rings is 1. The van der Waals surface area contributed by atoms with Crippen molar-refractivity contribution in [2.24, 2.45) is 0 Å². The number of sulfonamides is 1. The second-order valence-corrected chi connectivity index (χ2v) is 9.17. The third-order valence-electron chi connectivity index (χ3n) is 5.61. The van der Waals surface area contributed by atoms with Crippen LogP contribution in [-0.2, 0) is 21.2 Å². The molecule has 148 valence electrons. The molecule has 1 aromatic rings. The molecule has 2 saturated heterocycles. The molecule has 0 radical (unpaired) electrons. The molecule has 3 aliphatic rings. The van der Waals surface area contributed by atoms with Gasteiger partial charge in [-0.15, -0.1) is 0 Å². The zero-order valence-corrected chi connectivity index (χ0v) is 16.4. The first-order valence-electron chi connectivity index (χ1n) is 9.42. The van der Waals surface area contributed by atoms with E-state index in [4.69, 9.17) is 4.74 Å². The molecule has 0 N–H and O–H groups in total. The van der Waals surface area contributed by atoms with Gasteiger partial charge in [-0.2, -0.15) is 4.31 Å². The van der Waals surface area contributed by atoms with E-state index in [9.17, 15) is 13.2 Å². The van der Waals surface area contributed by atoms with Crippen LogP contribution in [-0.4, -0.2) is 94.6 Å². The van der Waals surface area contributed by atoms with E-state index in [2.05, 4.69) is 4.90 Å². The zero-order chi connectivity index (χ0) is 19.0. The van der Waals surface area contributed by atoms with Crippen LogP contribution in [0.2, 0.25) is 0 Å². The number of ether oxygens (including phenoxy) is 1. The summed E-state index contributed by atoms with van der Waals surface area (Å²) in [6.45, 7) is 4.72. The Hall–Kier alpha value is -1.84. The van der Waals surface area contributed by atoms with Gasteiger partial charge in [-0.3, -0.25) is 0 Å². The first kappa shape index (κ1) is 18.5. The molecule has 1 aromatic carbocycles. The van der Waals surface area contributed by atoms with Gasteiger partial charge >= 0.3 is 6.03 Å². The number of nitrogens with zero attached hydrogens (tertiary/aromatic N) is 4. The predicted molar refractivity (Wildman–Crippen MR) is 102 cm³/mol. The van der Waals surface area contributed by atoms with Crippen LogP contribution in [0.3, 0.4) is 0 Å². The van der Waals surface area contributed by atoms with Gasteiger partial charge in [0.1, 0.15) is 0 Å². The van der Waals surface area contributed by atoms with Gasteiger partial charge in [0, 0.05) is 58.5 Å². The van der Waals surface area contributed by atoms with Gasteiger partial charge in [0.05, 0.1) is 18.1 Å². The van der Waals surface area contributed by atoms with E-state index in [0.29, 0.717) is 57.4 Å². The molecular formula is C18H26N4O4S. The highest BCUT2D eigenvalue weighted by Crippen LogP contribution is 2.30. The van der Waals surface area contributed by atoms with Crippen molar-refractivity contribution in [1.29, 1.82) is 0 Å². The van der Waals surface area contributed by atoms with Gasteiger partial charge < -0.3 is 19.4 Å². The van der Waals surface area contributed by atoms with Crippen LogP contribution >= 0.6 is 0 Å². The van der Waals surface area contributed by atoms with Gasteiger partial charge in [0.25, 0.3) is 0 Å². The number of amides is 2. The Labute approximate surface area is 160 Å². The fourth-order valence-corrected chi connectivity index (χ4v) is 5.35. The topological polar surface area (TPSA) is 73.4 Å². The minimum atomic E-state index is -3.55. The van der Waals surface area contributed by atoms with Crippen LogP contribution in [0.4, 0.5) is 10.5 Å². The number of fused-ring (bicyclic) bond motifs is 1. The third kappa shape index (κ3) is 3.51. The summed E-state index contributed by atoms with van der Waals surface area (Å²) in [7, 11) is -1.56. The van der Waals surface area contributed by atoms with Crippen molar-refractivity contribution in [1.82, 2.24) is 14.1 Å². The summed E-state index contributed by atoms with van der Waals surface area (Å²) in [6.07, 6.45) is 0.953. The summed E-state index contributed by atoms with van der Waals surface area (Å²) in [6, 6.07) is 5.39. The summed E-state index contributed by atoms with van der Waals surface area (Å²) < 4.78 is 32.9. The van der Waals surface area contributed by atoms with Crippen LogP contribution < -0.4 is 4.90 Å². The maximum atomic E-state index is 13.0. The number of rotatable bonds is 2. The van der Waals surface area contributed by atoms with Crippen LogP contribution in [0.1, 0.15) is 5.56 Å². The van der Waals surface area contributed by atoms with Crippen molar-refractivity contribution in [3.8, 4) is 0 Å². The van der Waals surface area contributed by atoms with E-state index >= 15 is 0 Å². The smallest absolute Gasteiger partial charge is 0.320 e. The van der Waals surface area contributed by atoms with E-state index in [1.807, 2.05) is 13.1 Å². The predicted octanol–water partition coefficient (Wildman–Crippen LogP) is 0.437. The molecule has 2 amide bonds. The van der Waals surface area contributed by atoms with Crippen molar-refractivity contribution in [2.75, 3.05) is 71.0 Å². The molecule has 8 nitrogen and oxygen atoms in total. The van der Waals surface area contributed by atoms with Crippen molar-refractivity contribution in [2.45, 2.75) is 11.3 Å². The number of carbonyl (C=O) groups excluding carboxylic acids is 1. The quantitative estimate of drug-likeness (QED) is 0.728. The Balaban J connectivity index is 1.43. The molecule has 9 heteroatoms. The number of urea groups is 1. The van der Waals surface area contributed by atoms with Gasteiger partial charge in [-0.25, -0.2) is 13.2 Å². The molecule has 0 spiro atoms. The van der Waals surface area contributed by atoms with Crippen LogP contribution in [0.25, 0.3) is 0 Å². The summed E-state index contributed by atoms with van der Waals surface area (Å²) >= 11 is 0. The zero-order valence-electron chi connectivity index (χ0n) is 15.6. The lowest BCUT2D eigenvalue weighted by Crippen LogP contribution is -2.55. The summed E-state index contributed by atoms with van der Waals surface area (Å²) in [5, 5.41) is 0. The Morgan fingerprint density at radius 1 is 0.963 bits per heavy atom. The first-order valence-corrected chi connectivity index (χ1v) is 10.9. The second-order valence-electron chi connectivity index (χ2n) is 7.24. The van der Waals surface area contributed by atoms with Crippen molar-refractivity contribution in [3.05, 3.63) is 23.8 Å². The third-order valence-corrected chi connectivity index (χ3v) is 7.51. The monoisotopic (exact) mass is 394 g/mol. The van der Waals surface area contributed by atoms with E-state index in [0.717, 1.165) is 18.7 Å². The highest BCUT2D eigenvalue weighted by Gasteiger charge is 2.32. The molecule has 0 aliphatic carbocycles. The Morgan fingerprint density at radius 2 is 1.63 bits per heavy atom. The van der Waals surface area contributed by atoms with Crippen molar-refractivity contribution < 1.29 is 17.9 Å². The molecule has 0 saturated carbocycles. The lowest BCUT2D eigenvalue weighted by molar-refractivity contribution is 0.0405. The van der Waals surface area contributed by atoms with Gasteiger partial charge in [-0.05, 0) is 24.1 Å². The first-order chi connectivity index (χ1) is 13.0. The van der Waals surface area contributed by atoms with Gasteiger partial charge in [0.15, 0.2) is 0 Å². The Kier molecular flexibility index (Phi) is 5.00. The molecule has 0 unspecified atom stereocenters. The lowest BCUT2D eigenvalue weighted by atomic mass is 10.2. The lowest BCUT2D eigenvalue weighted by Gasteiger charge is -2.38. The Morgan fingerprint density at radius 3 is 2.33 bits per heavy atom. The maximum absolute atomic E-state index is 13.0. The number of benzene rings is 1. The highest BCUT2D eigenvalue weighted by atomic mass is 32.2. The number of morpholine rings is 1. The summed E-state index contributed by atoms with van der Waals surface area (Å²) in [4.78, 5) is 18.5. The second kappa shape index (κ2) is 7.29. The van der Waals surface area contributed by atoms with Crippen LogP contribution in [0.5, 0.6) is 0 Å². The normalized spacial score (nSPS) is 21.4. The molecule has 27 heavy (non-hydrogen) atoms. The largest absolute Gasteiger partial charge is 0.378 e. The molecule has 0 atom stereocenters. The SMILES string of the molecule is CN1CCc2ccc(S(=O)(=O)N3CCN(C(=O)N4CCOCC4)CC3)cc21. The molecule has 0 aromatic heterocycles. The van der Waals surface area contributed by atoms with Crippen molar-refractivity contribution in [3.63, 3.8) is 0 Å². The standard InChI is InChI=1S/C18H26N4O4S/c1-19-5-4-15-2-3-16(14-17(15)19)27(24,25)22-8-6-20(7-9-22)18(23)21-10-12-26-13-11-21/h2-3,14H,4-13H2,1H3. The van der Waals surface area contributed by atoms with Gasteiger partial charge in [0.2, 0.25) is 10.0 Å². The summed E-state index contributed by atoms with van der Waals surface area (Å²) in [5.41, 5.74) is 2.19. The molecule has 4 rings (SSSR count). The van der Waals surface area contributed by atoms with Crippen LogP contribution in [0, 0.1) is 0 Å². The highest BCUT2D eigenvalue weighted by molar-refractivity contribution is 7.89. The van der Waals surface area contributed by atoms with Gasteiger partial charge in [-0.1, -0.05) is 6.07 Å². The average Bonchev–Trinajstić information content (AvgIpc) is 3.08. The Bertz CT molecular complexity index is 815. The fourth-order valence-electron chi connectivity index (χ4n) is 3.90. The number of hydrogen-bond donors (Lipinski definition) is 0. The summed E-state index contributed by atoms with van der Waals surface area (Å²) in [5.74, 6) is 0. The van der Waals surface area contributed by atoms with Crippen molar-refractivity contribution >= 4 is 21.7 Å². The number of hydrogen-bond acceptors (Lipinski definition) is 5. The molecule has 3 heterocycles. The van der Waals surface area contributed by atoms with Crippen LogP contribution in [0.15, 0.2) is 23.1 Å². The average molecular weight is 394 g/mol. The minimum Gasteiger partial charge on any atom is -0.378 e. The minimum absolute atomic E-state index is 0.0190. The number of likely N-dealkylation sites (N-methyl/N-ethyl adjacent to an activating group) is 1. The molecule has 3 aliphatic heterocycles. The fraction of sp³-hybridized carbons (Fsp3) is 0.611. The van der Waals surface area contributed by atoms with E-state index in [1.165, 1.54) is 9.87 Å². The molecule has 0 bridgehead atoms. The molecular weight excluding hydrogens is 368 g/mol. The van der Waals surface area contributed by atoms with E-state index in [1.54, 1.807) is 21.9 Å². The maximum Gasteiger partial charge on any atom is 0.320 e. The number of anilines is 1. The van der Waals surface area contributed by atoms with E-state index in [-0.39, 0.29) is 6.03 Å².